The van der Waals surface area contributed by atoms with E-state index >= 15 is 0 Å². The Morgan fingerprint density at radius 3 is 2.25 bits per heavy atom. The summed E-state index contributed by atoms with van der Waals surface area (Å²) in [6.45, 7) is 3.68. The molecule has 1 N–H and O–H groups in total. The summed E-state index contributed by atoms with van der Waals surface area (Å²) in [5, 5.41) is 9.56. The van der Waals surface area contributed by atoms with Crippen LogP contribution in [0.4, 0.5) is 22.0 Å². The first-order valence-corrected chi connectivity index (χ1v) is 7.55. The Bertz CT molecular complexity index is 524. The fourth-order valence-corrected chi connectivity index (χ4v) is 3.32. The van der Waals surface area contributed by atoms with Gasteiger partial charge in [-0.2, -0.15) is 22.0 Å². The van der Waals surface area contributed by atoms with E-state index in [4.69, 9.17) is 4.74 Å². The maximum Gasteiger partial charge on any atom is 0.449 e. The Labute approximate surface area is 135 Å². The van der Waals surface area contributed by atoms with E-state index in [0.29, 0.717) is 12.8 Å². The van der Waals surface area contributed by atoms with Gasteiger partial charge >= 0.3 is 23.9 Å². The van der Waals surface area contributed by atoms with Crippen LogP contribution in [0.25, 0.3) is 0 Å². The van der Waals surface area contributed by atoms with E-state index in [0.717, 1.165) is 6.42 Å². The second-order valence-corrected chi connectivity index (χ2v) is 6.54. The number of esters is 1. The van der Waals surface area contributed by atoms with Gasteiger partial charge in [0.15, 0.2) is 6.10 Å². The minimum atomic E-state index is -5.75. The molecule has 0 aromatic carbocycles. The van der Waals surface area contributed by atoms with Gasteiger partial charge in [-0.25, -0.2) is 4.79 Å². The molecule has 2 unspecified atom stereocenters. The van der Waals surface area contributed by atoms with Crippen molar-refractivity contribution < 1.29 is 41.3 Å². The molecule has 0 aromatic rings. The molecule has 0 aromatic heterocycles. The lowest BCUT2D eigenvalue weighted by molar-refractivity contribution is -0.473. The molecule has 1 spiro atoms. The summed E-state index contributed by atoms with van der Waals surface area (Å²) >= 11 is 0. The Morgan fingerprint density at radius 1 is 1.25 bits per heavy atom. The molecule has 138 valence electrons. The number of carbonyl (C=O) groups is 1. The highest BCUT2D eigenvalue weighted by Crippen LogP contribution is 2.57. The average molecular weight is 358 g/mol. The predicted octanol–water partition coefficient (Wildman–Crippen LogP) is 3.34. The van der Waals surface area contributed by atoms with Gasteiger partial charge in [-0.15, -0.1) is 0 Å². The third-order valence-electron chi connectivity index (χ3n) is 4.71. The third kappa shape index (κ3) is 2.81. The fraction of sp³-hybridized carbons (Fsp3) is 0.800. The van der Waals surface area contributed by atoms with E-state index in [1.807, 2.05) is 0 Å². The predicted molar refractivity (Wildman–Crippen MR) is 72.1 cm³/mol. The summed E-state index contributed by atoms with van der Waals surface area (Å²) in [5.41, 5.74) is -1.69. The number of rotatable bonds is 2. The van der Waals surface area contributed by atoms with Crippen molar-refractivity contribution in [1.82, 2.24) is 0 Å². The summed E-state index contributed by atoms with van der Waals surface area (Å²) < 4.78 is 77.4. The number of aliphatic hydroxyl groups is 1. The molecule has 4 nitrogen and oxygen atoms in total. The summed E-state index contributed by atoms with van der Waals surface area (Å²) in [6.07, 6.45) is -6.25. The van der Waals surface area contributed by atoms with Gasteiger partial charge in [0.1, 0.15) is 0 Å². The maximum atomic E-state index is 14.7. The SMILES string of the molecule is C=C(C)C(=O)OC1C2(CCCCC2)COC(O)(C(F)(F)F)C1(F)F. The number of ether oxygens (including phenoxy) is 2. The van der Waals surface area contributed by atoms with Crippen LogP contribution in [0.5, 0.6) is 0 Å². The highest BCUT2D eigenvalue weighted by atomic mass is 19.4. The topological polar surface area (TPSA) is 55.8 Å². The van der Waals surface area contributed by atoms with Crippen molar-refractivity contribution >= 4 is 5.97 Å². The van der Waals surface area contributed by atoms with Gasteiger partial charge in [0.05, 0.1) is 6.61 Å². The summed E-state index contributed by atoms with van der Waals surface area (Å²) in [4.78, 5) is 11.7. The van der Waals surface area contributed by atoms with Crippen molar-refractivity contribution in [2.75, 3.05) is 6.61 Å². The average Bonchev–Trinajstić information content (AvgIpc) is 2.48. The van der Waals surface area contributed by atoms with Crippen LogP contribution in [0, 0.1) is 5.41 Å². The fourth-order valence-electron chi connectivity index (χ4n) is 3.32. The molecule has 2 atom stereocenters. The first-order valence-electron chi connectivity index (χ1n) is 7.55. The van der Waals surface area contributed by atoms with Gasteiger partial charge in [-0.05, 0) is 19.8 Å². The zero-order valence-corrected chi connectivity index (χ0v) is 13.1. The zero-order valence-electron chi connectivity index (χ0n) is 13.1. The quantitative estimate of drug-likeness (QED) is 0.467. The van der Waals surface area contributed by atoms with Crippen LogP contribution < -0.4 is 0 Å². The standard InChI is InChI=1S/C15H19F5O4/c1-9(2)10(21)24-11-12(6-4-3-5-7-12)8-23-14(22,13(11,16)17)15(18,19)20/h11,22H,1,3-8H2,2H3. The number of hydrogen-bond donors (Lipinski definition) is 1. The van der Waals surface area contributed by atoms with E-state index in [1.54, 1.807) is 0 Å². The summed E-state index contributed by atoms with van der Waals surface area (Å²) in [7, 11) is 0. The van der Waals surface area contributed by atoms with E-state index in [-0.39, 0.29) is 18.4 Å². The van der Waals surface area contributed by atoms with Gasteiger partial charge in [0, 0.05) is 11.0 Å². The molecule has 24 heavy (non-hydrogen) atoms. The first-order chi connectivity index (χ1) is 10.9. The van der Waals surface area contributed by atoms with E-state index in [1.165, 1.54) is 6.92 Å². The first kappa shape index (κ1) is 19.1. The molecule has 1 saturated carbocycles. The van der Waals surface area contributed by atoms with Crippen molar-refractivity contribution in [1.29, 1.82) is 0 Å². The van der Waals surface area contributed by atoms with Crippen LogP contribution in [0.2, 0.25) is 0 Å². The second kappa shape index (κ2) is 5.94. The lowest BCUT2D eigenvalue weighted by Crippen LogP contribution is -2.73. The molecule has 0 bridgehead atoms. The van der Waals surface area contributed by atoms with Crippen LogP contribution in [0.15, 0.2) is 12.2 Å². The van der Waals surface area contributed by atoms with Crippen LogP contribution in [0.3, 0.4) is 0 Å². The molecular weight excluding hydrogens is 339 g/mol. The highest BCUT2D eigenvalue weighted by Gasteiger charge is 2.79. The molecule has 0 amide bonds. The molecule has 1 saturated heterocycles. The molecule has 2 fully saturated rings. The Balaban J connectivity index is 2.48. The van der Waals surface area contributed by atoms with Crippen molar-refractivity contribution in [2.45, 2.75) is 63.0 Å². The van der Waals surface area contributed by atoms with Crippen LogP contribution in [-0.2, 0) is 14.3 Å². The van der Waals surface area contributed by atoms with Crippen LogP contribution >= 0.6 is 0 Å². The van der Waals surface area contributed by atoms with E-state index < -0.39 is 42.0 Å². The largest absolute Gasteiger partial charge is 0.452 e. The number of carbonyl (C=O) groups excluding carboxylic acids is 1. The summed E-state index contributed by atoms with van der Waals surface area (Å²) in [5.74, 6) is -10.8. The number of alkyl halides is 5. The third-order valence-corrected chi connectivity index (χ3v) is 4.71. The maximum absolute atomic E-state index is 14.7. The van der Waals surface area contributed by atoms with Crippen molar-refractivity contribution in [3.63, 3.8) is 0 Å². The highest BCUT2D eigenvalue weighted by molar-refractivity contribution is 5.87. The molecule has 2 rings (SSSR count). The number of hydrogen-bond acceptors (Lipinski definition) is 4. The van der Waals surface area contributed by atoms with E-state index in [9.17, 15) is 31.9 Å². The van der Waals surface area contributed by atoms with E-state index in [2.05, 4.69) is 11.3 Å². The molecule has 1 aliphatic heterocycles. The normalized spacial score (nSPS) is 32.4. The Morgan fingerprint density at radius 2 is 1.79 bits per heavy atom. The second-order valence-electron chi connectivity index (χ2n) is 6.54. The summed E-state index contributed by atoms with van der Waals surface area (Å²) in [6, 6.07) is 0. The molecule has 0 radical (unpaired) electrons. The molecule has 1 heterocycles. The monoisotopic (exact) mass is 358 g/mol. The van der Waals surface area contributed by atoms with Gasteiger partial charge in [0.25, 0.3) is 0 Å². The van der Waals surface area contributed by atoms with Crippen molar-refractivity contribution in [3.8, 4) is 0 Å². The molecule has 9 heteroatoms. The molecule has 1 aliphatic carbocycles. The minimum absolute atomic E-state index is 0.116. The van der Waals surface area contributed by atoms with Gasteiger partial charge in [0.2, 0.25) is 0 Å². The zero-order chi connectivity index (χ0) is 18.4. The lowest BCUT2D eigenvalue weighted by atomic mass is 9.66. The van der Waals surface area contributed by atoms with Gasteiger partial charge in [-0.3, -0.25) is 0 Å². The smallest absolute Gasteiger partial charge is 0.449 e. The minimum Gasteiger partial charge on any atom is -0.452 e. The number of halogens is 5. The van der Waals surface area contributed by atoms with Crippen LogP contribution in [-0.4, -0.2) is 41.7 Å². The van der Waals surface area contributed by atoms with Crippen LogP contribution in [0.1, 0.15) is 39.0 Å². The molecular formula is C15H19F5O4. The Kier molecular flexibility index (Phi) is 4.73. The van der Waals surface area contributed by atoms with Crippen molar-refractivity contribution in [2.24, 2.45) is 5.41 Å². The Hall–Kier alpha value is -1.22. The van der Waals surface area contributed by atoms with Crippen molar-refractivity contribution in [3.05, 3.63) is 12.2 Å². The lowest BCUT2D eigenvalue weighted by Gasteiger charge is -2.53. The molecule has 2 aliphatic rings. The van der Waals surface area contributed by atoms with Gasteiger partial charge in [-0.1, -0.05) is 25.8 Å². The van der Waals surface area contributed by atoms with Gasteiger partial charge < -0.3 is 14.6 Å².